The van der Waals surface area contributed by atoms with Crippen LogP contribution in [0.1, 0.15) is 20.8 Å². The maximum absolute atomic E-state index is 8.79. The standard InChI is InChI=1S/C12H24O3Si/c1-12(2,3)16(4,5)14-8-6-7-10-11(9-13)15-10/h6-7,10-11,13H,8-9H2,1-5H3/b7-6+/t10-,11-/m0/s1. The summed E-state index contributed by atoms with van der Waals surface area (Å²) in [5.41, 5.74) is 0. The second-order valence-electron chi connectivity index (χ2n) is 5.82. The zero-order chi connectivity index (χ0) is 12.4. The SMILES string of the molecule is CC(C)(C)[Si](C)(C)OC/C=C/[C@@H]1O[C@H]1CO. The van der Waals surface area contributed by atoms with E-state index >= 15 is 0 Å². The molecule has 0 bridgehead atoms. The van der Waals surface area contributed by atoms with Gasteiger partial charge in [-0.05, 0) is 18.1 Å². The quantitative estimate of drug-likeness (QED) is 0.458. The molecule has 0 radical (unpaired) electrons. The van der Waals surface area contributed by atoms with Crippen molar-refractivity contribution in [3.63, 3.8) is 0 Å². The first-order valence-corrected chi connectivity index (χ1v) is 8.76. The number of hydrogen-bond acceptors (Lipinski definition) is 3. The summed E-state index contributed by atoms with van der Waals surface area (Å²) >= 11 is 0. The van der Waals surface area contributed by atoms with Gasteiger partial charge >= 0.3 is 0 Å². The molecule has 94 valence electrons. The molecule has 4 heteroatoms. The Bertz CT molecular complexity index is 255. The topological polar surface area (TPSA) is 42.0 Å². The van der Waals surface area contributed by atoms with E-state index in [1.807, 2.05) is 12.2 Å². The minimum absolute atomic E-state index is 0.0177. The Morgan fingerprint density at radius 1 is 1.38 bits per heavy atom. The van der Waals surface area contributed by atoms with Gasteiger partial charge in [-0.25, -0.2) is 0 Å². The van der Waals surface area contributed by atoms with Crippen molar-refractivity contribution >= 4 is 8.32 Å². The van der Waals surface area contributed by atoms with Crippen molar-refractivity contribution in [3.05, 3.63) is 12.2 Å². The second-order valence-corrected chi connectivity index (χ2v) is 10.6. The van der Waals surface area contributed by atoms with Gasteiger partial charge in [-0.1, -0.05) is 32.9 Å². The van der Waals surface area contributed by atoms with Crippen LogP contribution in [0.25, 0.3) is 0 Å². The Kier molecular flexibility index (Phi) is 4.34. The molecule has 2 atom stereocenters. The molecule has 3 nitrogen and oxygen atoms in total. The molecule has 1 aliphatic heterocycles. The molecule has 0 aromatic rings. The fourth-order valence-electron chi connectivity index (χ4n) is 1.14. The van der Waals surface area contributed by atoms with Crippen LogP contribution >= 0.6 is 0 Å². The first-order valence-electron chi connectivity index (χ1n) is 5.85. The van der Waals surface area contributed by atoms with E-state index in [1.54, 1.807) is 0 Å². The van der Waals surface area contributed by atoms with Crippen molar-refractivity contribution in [1.29, 1.82) is 0 Å². The summed E-state index contributed by atoms with van der Waals surface area (Å²) in [7, 11) is -1.62. The first-order chi connectivity index (χ1) is 7.28. The van der Waals surface area contributed by atoms with E-state index in [-0.39, 0.29) is 23.9 Å². The molecule has 1 fully saturated rings. The minimum Gasteiger partial charge on any atom is -0.413 e. The summed E-state index contributed by atoms with van der Waals surface area (Å²) in [5, 5.41) is 9.04. The lowest BCUT2D eigenvalue weighted by Gasteiger charge is -2.35. The third kappa shape index (κ3) is 3.70. The first kappa shape index (κ1) is 13.9. The highest BCUT2D eigenvalue weighted by Crippen LogP contribution is 2.36. The van der Waals surface area contributed by atoms with Crippen LogP contribution in [0.2, 0.25) is 18.1 Å². The van der Waals surface area contributed by atoms with Gasteiger partial charge in [-0.3, -0.25) is 0 Å². The third-order valence-electron chi connectivity index (χ3n) is 3.47. The van der Waals surface area contributed by atoms with Gasteiger partial charge in [0.1, 0.15) is 12.2 Å². The molecule has 0 aliphatic carbocycles. The van der Waals surface area contributed by atoms with Crippen LogP contribution in [0, 0.1) is 0 Å². The van der Waals surface area contributed by atoms with Crippen molar-refractivity contribution in [2.24, 2.45) is 0 Å². The molecule has 1 saturated heterocycles. The van der Waals surface area contributed by atoms with Crippen molar-refractivity contribution in [3.8, 4) is 0 Å². The molecule has 1 aliphatic rings. The zero-order valence-corrected chi connectivity index (χ0v) is 12.0. The number of ether oxygens (including phenoxy) is 1. The molecule has 0 spiro atoms. The monoisotopic (exact) mass is 244 g/mol. The van der Waals surface area contributed by atoms with Crippen LogP contribution in [0.15, 0.2) is 12.2 Å². The van der Waals surface area contributed by atoms with Crippen LogP contribution in [0.3, 0.4) is 0 Å². The lowest BCUT2D eigenvalue weighted by atomic mass is 10.2. The largest absolute Gasteiger partial charge is 0.413 e. The summed E-state index contributed by atoms with van der Waals surface area (Å²) in [5.74, 6) is 0. The summed E-state index contributed by atoms with van der Waals surface area (Å²) in [6.45, 7) is 11.9. The smallest absolute Gasteiger partial charge is 0.192 e. The average Bonchev–Trinajstić information content (AvgIpc) is 2.89. The van der Waals surface area contributed by atoms with Crippen LogP contribution in [-0.2, 0) is 9.16 Å². The molecule has 16 heavy (non-hydrogen) atoms. The number of aliphatic hydroxyl groups excluding tert-OH is 1. The highest BCUT2D eigenvalue weighted by molar-refractivity contribution is 6.74. The summed E-state index contributed by atoms with van der Waals surface area (Å²) in [4.78, 5) is 0. The summed E-state index contributed by atoms with van der Waals surface area (Å²) in [6, 6.07) is 0. The van der Waals surface area contributed by atoms with E-state index in [0.717, 1.165) is 0 Å². The van der Waals surface area contributed by atoms with Crippen molar-refractivity contribution in [2.45, 2.75) is 51.1 Å². The molecule has 1 heterocycles. The van der Waals surface area contributed by atoms with Gasteiger partial charge in [0, 0.05) is 0 Å². The van der Waals surface area contributed by atoms with Crippen LogP contribution in [-0.4, -0.2) is 38.8 Å². The highest BCUT2D eigenvalue weighted by Gasteiger charge is 2.37. The van der Waals surface area contributed by atoms with Crippen LogP contribution < -0.4 is 0 Å². The number of hydrogen-bond donors (Lipinski definition) is 1. The number of epoxide rings is 1. The Labute approximate surface area is 99.6 Å². The normalized spacial score (nSPS) is 26.4. The lowest BCUT2D eigenvalue weighted by Crippen LogP contribution is -2.40. The van der Waals surface area contributed by atoms with E-state index in [2.05, 4.69) is 33.9 Å². The zero-order valence-electron chi connectivity index (χ0n) is 11.0. The second kappa shape index (κ2) is 5.00. The Hall–Kier alpha value is -0.163. The van der Waals surface area contributed by atoms with E-state index in [1.165, 1.54) is 0 Å². The minimum atomic E-state index is -1.62. The molecule has 1 rings (SSSR count). The number of rotatable bonds is 5. The summed E-state index contributed by atoms with van der Waals surface area (Å²) in [6.07, 6.45) is 4.10. The number of aliphatic hydroxyl groups is 1. The van der Waals surface area contributed by atoms with Crippen molar-refractivity contribution in [1.82, 2.24) is 0 Å². The average molecular weight is 244 g/mol. The van der Waals surface area contributed by atoms with Crippen molar-refractivity contribution in [2.75, 3.05) is 13.2 Å². The fourth-order valence-corrected chi connectivity index (χ4v) is 2.08. The van der Waals surface area contributed by atoms with E-state index < -0.39 is 8.32 Å². The Morgan fingerprint density at radius 3 is 2.44 bits per heavy atom. The van der Waals surface area contributed by atoms with Crippen molar-refractivity contribution < 1.29 is 14.3 Å². The van der Waals surface area contributed by atoms with Crippen LogP contribution in [0.5, 0.6) is 0 Å². The molecule has 0 aromatic carbocycles. The Morgan fingerprint density at radius 2 is 2.00 bits per heavy atom. The van der Waals surface area contributed by atoms with Crippen LogP contribution in [0.4, 0.5) is 0 Å². The van der Waals surface area contributed by atoms with Gasteiger partial charge in [0.15, 0.2) is 8.32 Å². The predicted molar refractivity (Wildman–Crippen MR) is 68.0 cm³/mol. The van der Waals surface area contributed by atoms with Gasteiger partial charge < -0.3 is 14.3 Å². The molecule has 0 saturated carbocycles. The molecular formula is C12H24O3Si. The Balaban J connectivity index is 2.25. The van der Waals surface area contributed by atoms with Gasteiger partial charge in [0.2, 0.25) is 0 Å². The van der Waals surface area contributed by atoms with Gasteiger partial charge in [-0.15, -0.1) is 0 Å². The van der Waals surface area contributed by atoms with Gasteiger partial charge in [0.25, 0.3) is 0 Å². The van der Waals surface area contributed by atoms with Gasteiger partial charge in [-0.2, -0.15) is 0 Å². The van der Waals surface area contributed by atoms with E-state index in [4.69, 9.17) is 14.3 Å². The van der Waals surface area contributed by atoms with E-state index in [0.29, 0.717) is 6.61 Å². The molecule has 1 N–H and O–H groups in total. The van der Waals surface area contributed by atoms with E-state index in [9.17, 15) is 0 Å². The maximum atomic E-state index is 8.79. The molecule has 0 unspecified atom stereocenters. The predicted octanol–water partition coefficient (Wildman–Crippen LogP) is 2.32. The maximum Gasteiger partial charge on any atom is 0.192 e. The van der Waals surface area contributed by atoms with Gasteiger partial charge in [0.05, 0.1) is 13.2 Å². The molecular weight excluding hydrogens is 220 g/mol. The third-order valence-corrected chi connectivity index (χ3v) is 7.97. The summed E-state index contributed by atoms with van der Waals surface area (Å²) < 4.78 is 11.2. The molecule has 0 aromatic heterocycles. The molecule has 0 amide bonds. The highest BCUT2D eigenvalue weighted by atomic mass is 28.4. The fraction of sp³-hybridized carbons (Fsp3) is 0.833. The lowest BCUT2D eigenvalue weighted by molar-refractivity contribution is 0.243.